The highest BCUT2D eigenvalue weighted by atomic mass is 32.1. The van der Waals surface area contributed by atoms with Gasteiger partial charge in [-0.25, -0.2) is 4.39 Å². The predicted octanol–water partition coefficient (Wildman–Crippen LogP) is 4.51. The monoisotopic (exact) mass is 410 g/mol. The molecule has 1 unspecified atom stereocenters. The van der Waals surface area contributed by atoms with Gasteiger partial charge in [0, 0.05) is 23.2 Å². The van der Waals surface area contributed by atoms with Gasteiger partial charge >= 0.3 is 0 Å². The number of hydrogen-bond acceptors (Lipinski definition) is 4. The Balaban J connectivity index is 1.78. The van der Waals surface area contributed by atoms with Crippen molar-refractivity contribution in [2.45, 2.75) is 33.4 Å². The van der Waals surface area contributed by atoms with E-state index in [2.05, 4.69) is 16.7 Å². The number of carbonyl (C=O) groups excluding carboxylic acids is 1. The lowest BCUT2D eigenvalue weighted by molar-refractivity contribution is -0.115. The molecule has 3 rings (SSSR count). The number of hydrogen-bond donors (Lipinski definition) is 2. The molecule has 0 radical (unpaired) electrons. The van der Waals surface area contributed by atoms with Gasteiger partial charge in [0.15, 0.2) is 0 Å². The van der Waals surface area contributed by atoms with Gasteiger partial charge in [-0.05, 0) is 55.5 Å². The summed E-state index contributed by atoms with van der Waals surface area (Å²) in [7, 11) is 0. The Labute approximate surface area is 173 Å². The highest BCUT2D eigenvalue weighted by Crippen LogP contribution is 2.27. The lowest BCUT2D eigenvalue weighted by Gasteiger charge is -2.15. The van der Waals surface area contributed by atoms with Crippen molar-refractivity contribution in [2.75, 3.05) is 11.9 Å². The van der Waals surface area contributed by atoms with Crippen molar-refractivity contribution in [3.63, 3.8) is 0 Å². The maximum atomic E-state index is 13.2. The largest absolute Gasteiger partial charge is 0.326 e. The second-order valence-corrected chi connectivity index (χ2v) is 7.90. The fraction of sp³-hybridized carbons (Fsp3) is 0.273. The zero-order valence-corrected chi connectivity index (χ0v) is 17.4. The zero-order valence-electron chi connectivity index (χ0n) is 16.6. The minimum absolute atomic E-state index is 0.0608. The number of aromatic nitrogens is 1. The van der Waals surface area contributed by atoms with Gasteiger partial charge < -0.3 is 15.2 Å². The van der Waals surface area contributed by atoms with Crippen LogP contribution in [-0.2, 0) is 11.3 Å². The summed E-state index contributed by atoms with van der Waals surface area (Å²) in [5.41, 5.74) is 3.05. The summed E-state index contributed by atoms with van der Waals surface area (Å²) >= 11 is 1.63. The molecular formula is C22H23FN4OS. The van der Waals surface area contributed by atoms with Crippen molar-refractivity contribution in [2.24, 2.45) is 0 Å². The second kappa shape index (κ2) is 9.03. The molecule has 0 bridgehead atoms. The average molecular weight is 411 g/mol. The van der Waals surface area contributed by atoms with E-state index < -0.39 is 0 Å². The molecule has 0 spiro atoms. The van der Waals surface area contributed by atoms with E-state index in [-0.39, 0.29) is 24.3 Å². The first-order valence-corrected chi connectivity index (χ1v) is 10.2. The van der Waals surface area contributed by atoms with Crippen LogP contribution in [0.1, 0.15) is 40.2 Å². The van der Waals surface area contributed by atoms with Crippen LogP contribution in [0.5, 0.6) is 0 Å². The third-order valence-electron chi connectivity index (χ3n) is 4.99. The Kier molecular flexibility index (Phi) is 6.47. The first-order chi connectivity index (χ1) is 13.9. The zero-order chi connectivity index (χ0) is 21.0. The Morgan fingerprint density at radius 2 is 2.00 bits per heavy atom. The molecule has 1 aromatic carbocycles. The SMILES string of the molecule is Cc1c(C#N)c(NC(=O)CNC(C)c2cccs2)n(Cc2ccc(F)cc2)c1C. The molecule has 5 nitrogen and oxygen atoms in total. The molecule has 2 heterocycles. The van der Waals surface area contributed by atoms with Crippen LogP contribution < -0.4 is 10.6 Å². The van der Waals surface area contributed by atoms with Crippen LogP contribution >= 0.6 is 11.3 Å². The van der Waals surface area contributed by atoms with E-state index >= 15 is 0 Å². The summed E-state index contributed by atoms with van der Waals surface area (Å²) < 4.78 is 15.1. The van der Waals surface area contributed by atoms with Gasteiger partial charge in [-0.3, -0.25) is 4.79 Å². The van der Waals surface area contributed by atoms with Crippen molar-refractivity contribution in [3.8, 4) is 6.07 Å². The van der Waals surface area contributed by atoms with E-state index in [9.17, 15) is 14.4 Å². The number of halogens is 1. The highest BCUT2D eigenvalue weighted by Gasteiger charge is 2.20. The summed E-state index contributed by atoms with van der Waals surface area (Å²) in [6.45, 7) is 6.34. The van der Waals surface area contributed by atoms with Crippen molar-refractivity contribution >= 4 is 23.1 Å². The van der Waals surface area contributed by atoms with E-state index in [1.165, 1.54) is 12.1 Å². The minimum Gasteiger partial charge on any atom is -0.326 e. The van der Waals surface area contributed by atoms with E-state index in [1.54, 1.807) is 23.5 Å². The fourth-order valence-corrected chi connectivity index (χ4v) is 3.92. The third kappa shape index (κ3) is 4.73. The van der Waals surface area contributed by atoms with Gasteiger partial charge in [-0.1, -0.05) is 18.2 Å². The molecule has 3 aromatic rings. The van der Waals surface area contributed by atoms with Gasteiger partial charge in [0.05, 0.1) is 12.1 Å². The smallest absolute Gasteiger partial charge is 0.239 e. The molecule has 150 valence electrons. The Hall–Kier alpha value is -2.95. The van der Waals surface area contributed by atoms with Gasteiger partial charge in [0.1, 0.15) is 17.7 Å². The second-order valence-electron chi connectivity index (χ2n) is 6.92. The van der Waals surface area contributed by atoms with Crippen LogP contribution in [-0.4, -0.2) is 17.0 Å². The highest BCUT2D eigenvalue weighted by molar-refractivity contribution is 7.10. The molecule has 1 amide bonds. The van der Waals surface area contributed by atoms with E-state index in [0.717, 1.165) is 21.7 Å². The van der Waals surface area contributed by atoms with Crippen LogP contribution in [0.2, 0.25) is 0 Å². The van der Waals surface area contributed by atoms with Crippen LogP contribution in [0.15, 0.2) is 41.8 Å². The van der Waals surface area contributed by atoms with Crippen molar-refractivity contribution in [3.05, 3.63) is 74.9 Å². The van der Waals surface area contributed by atoms with Crippen LogP contribution in [0, 0.1) is 31.0 Å². The van der Waals surface area contributed by atoms with Crippen LogP contribution in [0.3, 0.4) is 0 Å². The summed E-state index contributed by atoms with van der Waals surface area (Å²) in [4.78, 5) is 13.7. The molecule has 0 saturated carbocycles. The molecule has 29 heavy (non-hydrogen) atoms. The number of nitriles is 1. The lowest BCUT2D eigenvalue weighted by Crippen LogP contribution is -2.30. The maximum Gasteiger partial charge on any atom is 0.239 e. The first-order valence-electron chi connectivity index (χ1n) is 9.31. The number of nitrogens with zero attached hydrogens (tertiary/aromatic N) is 2. The molecule has 0 aliphatic carbocycles. The molecule has 7 heteroatoms. The number of rotatable bonds is 7. The van der Waals surface area contributed by atoms with Crippen molar-refractivity contribution in [1.82, 2.24) is 9.88 Å². The van der Waals surface area contributed by atoms with Gasteiger partial charge in [-0.2, -0.15) is 5.26 Å². The molecule has 0 aliphatic heterocycles. The molecule has 0 fully saturated rings. The normalized spacial score (nSPS) is 11.8. The molecule has 0 saturated heterocycles. The van der Waals surface area contributed by atoms with Crippen LogP contribution in [0.25, 0.3) is 0 Å². The standard InChI is InChI=1S/C22H23FN4OS/c1-14-16(3)27(13-17-6-8-18(23)9-7-17)22(19(14)11-24)26-21(28)12-25-15(2)20-5-4-10-29-20/h4-10,15,25H,12-13H2,1-3H3,(H,26,28). The summed E-state index contributed by atoms with van der Waals surface area (Å²) in [6.07, 6.45) is 0. The Morgan fingerprint density at radius 3 is 2.62 bits per heavy atom. The molecule has 2 N–H and O–H groups in total. The summed E-state index contributed by atoms with van der Waals surface area (Å²) in [5.74, 6) is -0.0449. The first kappa shape index (κ1) is 20.8. The van der Waals surface area contributed by atoms with E-state index in [1.807, 2.05) is 42.9 Å². The Bertz CT molecular complexity index is 1030. The number of anilines is 1. The summed E-state index contributed by atoms with van der Waals surface area (Å²) in [6, 6.07) is 12.5. The van der Waals surface area contributed by atoms with Crippen LogP contribution in [0.4, 0.5) is 10.2 Å². The molecular weight excluding hydrogens is 387 g/mol. The number of benzene rings is 1. The molecule has 2 aromatic heterocycles. The van der Waals surface area contributed by atoms with Crippen molar-refractivity contribution in [1.29, 1.82) is 5.26 Å². The third-order valence-corrected chi connectivity index (χ3v) is 6.05. The average Bonchev–Trinajstić information content (AvgIpc) is 3.32. The van der Waals surface area contributed by atoms with E-state index in [4.69, 9.17) is 0 Å². The minimum atomic E-state index is -0.300. The molecule has 0 aliphatic rings. The van der Waals surface area contributed by atoms with Gasteiger partial charge in [0.25, 0.3) is 0 Å². The lowest BCUT2D eigenvalue weighted by atomic mass is 10.2. The van der Waals surface area contributed by atoms with Crippen molar-refractivity contribution < 1.29 is 9.18 Å². The topological polar surface area (TPSA) is 69.8 Å². The fourth-order valence-electron chi connectivity index (χ4n) is 3.16. The number of carbonyl (C=O) groups is 1. The van der Waals surface area contributed by atoms with Gasteiger partial charge in [0.2, 0.25) is 5.91 Å². The number of amides is 1. The summed E-state index contributed by atoms with van der Waals surface area (Å²) in [5, 5.41) is 17.7. The number of nitrogens with one attached hydrogen (secondary N) is 2. The predicted molar refractivity (Wildman–Crippen MR) is 113 cm³/mol. The van der Waals surface area contributed by atoms with Gasteiger partial charge in [-0.15, -0.1) is 11.3 Å². The maximum absolute atomic E-state index is 13.2. The molecule has 1 atom stereocenters. The Morgan fingerprint density at radius 1 is 1.28 bits per heavy atom. The number of thiophene rings is 1. The van der Waals surface area contributed by atoms with E-state index in [0.29, 0.717) is 17.9 Å². The quantitative estimate of drug-likeness (QED) is 0.602.